The fourth-order valence-electron chi connectivity index (χ4n) is 3.49. The van der Waals surface area contributed by atoms with Crippen LogP contribution in [0.1, 0.15) is 11.1 Å². The average Bonchev–Trinajstić information content (AvgIpc) is 3.34. The van der Waals surface area contributed by atoms with E-state index < -0.39 is 0 Å². The third-order valence-electron chi connectivity index (χ3n) is 5.06. The van der Waals surface area contributed by atoms with E-state index in [1.165, 1.54) is 16.4 Å². The van der Waals surface area contributed by atoms with Crippen LogP contribution >= 0.6 is 11.8 Å². The first-order valence-corrected chi connectivity index (χ1v) is 11.5. The number of thioether (sulfide) groups is 1. The second kappa shape index (κ2) is 9.67. The Balaban J connectivity index is 1.42. The van der Waals surface area contributed by atoms with E-state index in [1.807, 2.05) is 78.9 Å². The quantitative estimate of drug-likeness (QED) is 0.312. The number of hydrogen-bond donors (Lipinski definition) is 0. The van der Waals surface area contributed by atoms with Crippen molar-refractivity contribution < 1.29 is 4.42 Å². The van der Waals surface area contributed by atoms with Gasteiger partial charge in [-0.15, -0.1) is 10.2 Å². The predicted octanol–water partition coefficient (Wildman–Crippen LogP) is 5.30. The monoisotopic (exact) mass is 452 g/mol. The van der Waals surface area contributed by atoms with Crippen LogP contribution in [0.25, 0.3) is 28.4 Å². The van der Waals surface area contributed by atoms with Crippen LogP contribution in [0.2, 0.25) is 0 Å². The Hall–Kier alpha value is -3.97. The van der Waals surface area contributed by atoms with Crippen LogP contribution in [0.3, 0.4) is 0 Å². The van der Waals surface area contributed by atoms with Crippen LogP contribution in [0, 0.1) is 0 Å². The molecule has 162 valence electrons. The summed E-state index contributed by atoms with van der Waals surface area (Å²) in [7, 11) is 0. The Morgan fingerprint density at radius 2 is 1.55 bits per heavy atom. The molecule has 5 aromatic rings. The summed E-state index contributed by atoms with van der Waals surface area (Å²) in [6.45, 7) is 0.359. The van der Waals surface area contributed by atoms with Gasteiger partial charge in [0.05, 0.1) is 11.9 Å². The Morgan fingerprint density at radius 3 is 2.33 bits per heavy atom. The van der Waals surface area contributed by atoms with E-state index in [4.69, 9.17) is 4.42 Å². The van der Waals surface area contributed by atoms with Crippen molar-refractivity contribution in [3.63, 3.8) is 0 Å². The lowest BCUT2D eigenvalue weighted by molar-refractivity contribution is 0.463. The summed E-state index contributed by atoms with van der Waals surface area (Å²) in [4.78, 5) is 13.0. The van der Waals surface area contributed by atoms with Gasteiger partial charge in [-0.3, -0.25) is 4.79 Å². The Bertz CT molecular complexity index is 1460. The molecule has 0 saturated carbocycles. The topological polar surface area (TPSA) is 73.8 Å². The maximum absolute atomic E-state index is 13.0. The molecule has 0 unspecified atom stereocenters. The number of hydrogen-bond acceptors (Lipinski definition) is 6. The van der Waals surface area contributed by atoms with E-state index in [0.29, 0.717) is 39.9 Å². The van der Waals surface area contributed by atoms with Crippen LogP contribution in [0.4, 0.5) is 0 Å². The third kappa shape index (κ3) is 4.78. The first-order chi connectivity index (χ1) is 16.3. The molecule has 0 fully saturated rings. The highest BCUT2D eigenvalue weighted by Crippen LogP contribution is 2.26. The van der Waals surface area contributed by atoms with Gasteiger partial charge in [-0.05, 0) is 17.2 Å². The molecule has 5 rings (SSSR count). The number of rotatable bonds is 7. The molecule has 0 aliphatic carbocycles. The minimum Gasteiger partial charge on any atom is -0.409 e. The molecular formula is C26H20N4O2S. The highest BCUT2D eigenvalue weighted by Gasteiger charge is 2.17. The van der Waals surface area contributed by atoms with Gasteiger partial charge in [0, 0.05) is 11.1 Å². The van der Waals surface area contributed by atoms with Crippen molar-refractivity contribution >= 4 is 28.6 Å². The van der Waals surface area contributed by atoms with Gasteiger partial charge in [0.25, 0.3) is 16.7 Å². The summed E-state index contributed by atoms with van der Waals surface area (Å²) in [5.74, 6) is 0.987. The molecule has 2 aromatic heterocycles. The highest BCUT2D eigenvalue weighted by molar-refractivity contribution is 7.99. The lowest BCUT2D eigenvalue weighted by atomic mass is 10.1. The summed E-state index contributed by atoms with van der Waals surface area (Å²) in [6, 6.07) is 27.2. The number of aromatic nitrogens is 4. The summed E-state index contributed by atoms with van der Waals surface area (Å²) in [6.07, 6.45) is 4.11. The number of fused-ring (bicyclic) bond motifs is 1. The van der Waals surface area contributed by atoms with Gasteiger partial charge >= 0.3 is 0 Å². The minimum atomic E-state index is -0.154. The smallest absolute Gasteiger partial charge is 0.277 e. The van der Waals surface area contributed by atoms with Crippen LogP contribution in [0.15, 0.2) is 105 Å². The summed E-state index contributed by atoms with van der Waals surface area (Å²) < 4.78 is 7.36. The molecule has 2 heterocycles. The molecule has 0 radical (unpaired) electrons. The van der Waals surface area contributed by atoms with Crippen molar-refractivity contribution in [2.45, 2.75) is 11.8 Å². The molecular weight excluding hydrogens is 432 g/mol. The molecule has 0 amide bonds. The molecule has 7 heteroatoms. The number of benzene rings is 3. The predicted molar refractivity (Wildman–Crippen MR) is 131 cm³/mol. The Labute approximate surface area is 194 Å². The summed E-state index contributed by atoms with van der Waals surface area (Å²) in [5, 5.41) is 14.7. The summed E-state index contributed by atoms with van der Waals surface area (Å²) in [5.41, 5.74) is 2.47. The zero-order valence-corrected chi connectivity index (χ0v) is 18.5. The van der Waals surface area contributed by atoms with E-state index in [-0.39, 0.29) is 5.56 Å². The summed E-state index contributed by atoms with van der Waals surface area (Å²) >= 11 is 1.45. The normalized spacial score (nSPS) is 11.4. The molecule has 0 atom stereocenters. The molecule has 0 aliphatic heterocycles. The molecule has 0 spiro atoms. The maximum Gasteiger partial charge on any atom is 0.277 e. The second-order valence-corrected chi connectivity index (χ2v) is 8.31. The third-order valence-corrected chi connectivity index (χ3v) is 5.84. The van der Waals surface area contributed by atoms with Crippen LogP contribution in [0.5, 0.6) is 0 Å². The highest BCUT2D eigenvalue weighted by atomic mass is 32.2. The van der Waals surface area contributed by atoms with Crippen molar-refractivity contribution in [1.29, 1.82) is 0 Å². The van der Waals surface area contributed by atoms with Gasteiger partial charge < -0.3 is 4.42 Å². The van der Waals surface area contributed by atoms with Crippen molar-refractivity contribution in [2.24, 2.45) is 0 Å². The van der Waals surface area contributed by atoms with E-state index in [0.717, 1.165) is 11.1 Å². The molecule has 0 aliphatic rings. The lowest BCUT2D eigenvalue weighted by Gasteiger charge is -2.09. The van der Waals surface area contributed by atoms with Gasteiger partial charge in [-0.25, -0.2) is 4.68 Å². The van der Waals surface area contributed by atoms with E-state index in [1.54, 1.807) is 6.07 Å². The zero-order valence-electron chi connectivity index (χ0n) is 17.7. The first kappa shape index (κ1) is 20.9. The van der Waals surface area contributed by atoms with Crippen LogP contribution in [-0.4, -0.2) is 25.7 Å². The van der Waals surface area contributed by atoms with Gasteiger partial charge in [-0.1, -0.05) is 103 Å². The lowest BCUT2D eigenvalue weighted by Crippen LogP contribution is -2.24. The van der Waals surface area contributed by atoms with Crippen molar-refractivity contribution in [3.8, 4) is 11.6 Å². The standard InChI is InChI=1S/C26H20N4O2S/c31-25-22-16-8-7-15-21(22)23(29-30(25)18-20-12-5-2-6-13-20)24-27-28-26(32-24)33-17-9-14-19-10-3-1-4-11-19/h1-16H,17-18H2/b14-9+. The molecule has 0 saturated heterocycles. The van der Waals surface area contributed by atoms with Crippen LogP contribution < -0.4 is 5.56 Å². The van der Waals surface area contributed by atoms with E-state index in [2.05, 4.69) is 27.4 Å². The van der Waals surface area contributed by atoms with Gasteiger partial charge in [0.1, 0.15) is 0 Å². The molecule has 3 aromatic carbocycles. The van der Waals surface area contributed by atoms with Crippen molar-refractivity contribution in [1.82, 2.24) is 20.0 Å². The Kier molecular flexibility index (Phi) is 6.12. The fourth-order valence-corrected chi connectivity index (χ4v) is 4.06. The van der Waals surface area contributed by atoms with E-state index in [9.17, 15) is 4.79 Å². The van der Waals surface area contributed by atoms with Crippen LogP contribution in [-0.2, 0) is 6.54 Å². The minimum absolute atomic E-state index is 0.154. The Morgan fingerprint density at radius 1 is 0.848 bits per heavy atom. The molecule has 33 heavy (non-hydrogen) atoms. The van der Waals surface area contributed by atoms with Gasteiger partial charge in [0.2, 0.25) is 0 Å². The largest absolute Gasteiger partial charge is 0.409 e. The fraction of sp³-hybridized carbons (Fsp3) is 0.0769. The van der Waals surface area contributed by atoms with E-state index >= 15 is 0 Å². The van der Waals surface area contributed by atoms with Gasteiger partial charge in [0.15, 0.2) is 5.69 Å². The molecule has 6 nitrogen and oxygen atoms in total. The molecule has 0 bridgehead atoms. The second-order valence-electron chi connectivity index (χ2n) is 7.34. The number of nitrogens with zero attached hydrogens (tertiary/aromatic N) is 4. The maximum atomic E-state index is 13.0. The van der Waals surface area contributed by atoms with Crippen molar-refractivity contribution in [2.75, 3.05) is 5.75 Å². The van der Waals surface area contributed by atoms with Gasteiger partial charge in [-0.2, -0.15) is 5.10 Å². The molecule has 0 N–H and O–H groups in total. The first-order valence-electron chi connectivity index (χ1n) is 10.5. The van der Waals surface area contributed by atoms with Crippen molar-refractivity contribution in [3.05, 3.63) is 112 Å². The zero-order chi connectivity index (χ0) is 22.5. The SMILES string of the molecule is O=c1c2ccccc2c(-c2nnc(SC/C=C/c3ccccc3)o2)nn1Cc1ccccc1. The average molecular weight is 453 g/mol.